The van der Waals surface area contributed by atoms with Gasteiger partial charge in [-0.05, 0) is 47.4 Å². The van der Waals surface area contributed by atoms with E-state index in [1.54, 1.807) is 23.1 Å². The standard InChI is InChI=1S/C23H21ClF3N3O3/c1-29-12-20(21(28-29)23(25,26)27)18-8-14(24)9-19-17(18)4-5-30(22(19)31)11-13-6-15(32-2)10-16(7-13)33-3/h6-10,12H,4-5,11H2,1-3H3. The van der Waals surface area contributed by atoms with E-state index in [9.17, 15) is 18.0 Å². The number of methoxy groups -OCH3 is 2. The van der Waals surface area contributed by atoms with Crippen molar-refractivity contribution in [1.29, 1.82) is 0 Å². The Hall–Kier alpha value is -3.20. The van der Waals surface area contributed by atoms with Crippen molar-refractivity contribution in [2.45, 2.75) is 19.1 Å². The molecule has 10 heteroatoms. The van der Waals surface area contributed by atoms with Gasteiger partial charge in [0.05, 0.1) is 14.2 Å². The summed E-state index contributed by atoms with van der Waals surface area (Å²) in [5.74, 6) is 0.880. The van der Waals surface area contributed by atoms with Crippen molar-refractivity contribution in [3.05, 3.63) is 63.9 Å². The van der Waals surface area contributed by atoms with Crippen molar-refractivity contribution >= 4 is 17.5 Å². The molecule has 4 rings (SSSR count). The quantitative estimate of drug-likeness (QED) is 0.518. The number of aryl methyl sites for hydroxylation is 1. The summed E-state index contributed by atoms with van der Waals surface area (Å²) in [5.41, 5.74) is 0.791. The van der Waals surface area contributed by atoms with E-state index < -0.39 is 11.9 Å². The summed E-state index contributed by atoms with van der Waals surface area (Å²) in [4.78, 5) is 14.9. The van der Waals surface area contributed by atoms with Crippen LogP contribution in [0.25, 0.3) is 11.1 Å². The van der Waals surface area contributed by atoms with Gasteiger partial charge in [-0.25, -0.2) is 0 Å². The van der Waals surface area contributed by atoms with Gasteiger partial charge < -0.3 is 14.4 Å². The Morgan fingerprint density at radius 1 is 1.03 bits per heavy atom. The minimum absolute atomic E-state index is 0.0949. The molecule has 1 aromatic heterocycles. The number of nitrogens with zero attached hydrogens (tertiary/aromatic N) is 3. The minimum atomic E-state index is -4.64. The van der Waals surface area contributed by atoms with E-state index >= 15 is 0 Å². The zero-order chi connectivity index (χ0) is 23.9. The highest BCUT2D eigenvalue weighted by Gasteiger charge is 2.39. The van der Waals surface area contributed by atoms with Gasteiger partial charge in [0.2, 0.25) is 0 Å². The Balaban J connectivity index is 1.72. The van der Waals surface area contributed by atoms with Gasteiger partial charge in [-0.15, -0.1) is 0 Å². The van der Waals surface area contributed by atoms with Crippen LogP contribution in [0.15, 0.2) is 36.5 Å². The summed E-state index contributed by atoms with van der Waals surface area (Å²) in [7, 11) is 4.50. The van der Waals surface area contributed by atoms with E-state index in [-0.39, 0.29) is 34.2 Å². The third-order valence-corrected chi connectivity index (χ3v) is 5.75. The highest BCUT2D eigenvalue weighted by atomic mass is 35.5. The predicted octanol–water partition coefficient (Wildman–Crippen LogP) is 4.98. The van der Waals surface area contributed by atoms with Gasteiger partial charge in [0.1, 0.15) is 11.5 Å². The lowest BCUT2D eigenvalue weighted by molar-refractivity contribution is -0.140. The number of amides is 1. The first-order valence-electron chi connectivity index (χ1n) is 10.1. The molecule has 1 aliphatic heterocycles. The Kier molecular flexibility index (Phi) is 6.00. The van der Waals surface area contributed by atoms with E-state index in [2.05, 4.69) is 5.10 Å². The first-order valence-corrected chi connectivity index (χ1v) is 10.4. The summed E-state index contributed by atoms with van der Waals surface area (Å²) in [6.45, 7) is 0.621. The van der Waals surface area contributed by atoms with E-state index in [1.807, 2.05) is 0 Å². The van der Waals surface area contributed by atoms with Crippen LogP contribution in [0.4, 0.5) is 13.2 Å². The van der Waals surface area contributed by atoms with Gasteiger partial charge in [-0.3, -0.25) is 9.48 Å². The molecule has 0 aliphatic carbocycles. The summed E-state index contributed by atoms with van der Waals surface area (Å²) >= 11 is 6.25. The van der Waals surface area contributed by atoms with Gasteiger partial charge in [0, 0.05) is 48.5 Å². The lowest BCUT2D eigenvalue weighted by Crippen LogP contribution is -2.37. The molecule has 1 aliphatic rings. The molecule has 0 spiro atoms. The third kappa shape index (κ3) is 4.50. The van der Waals surface area contributed by atoms with E-state index in [0.29, 0.717) is 30.0 Å². The van der Waals surface area contributed by atoms with Crippen molar-refractivity contribution in [3.63, 3.8) is 0 Å². The van der Waals surface area contributed by atoms with Crippen LogP contribution in [0.5, 0.6) is 11.5 Å². The fraction of sp³-hybridized carbons (Fsp3) is 0.304. The van der Waals surface area contributed by atoms with Crippen LogP contribution in [-0.2, 0) is 26.2 Å². The van der Waals surface area contributed by atoms with Gasteiger partial charge in [0.25, 0.3) is 5.91 Å². The lowest BCUT2D eigenvalue weighted by Gasteiger charge is -2.30. The number of hydrogen-bond donors (Lipinski definition) is 0. The maximum atomic E-state index is 13.6. The van der Waals surface area contributed by atoms with Gasteiger partial charge in [-0.2, -0.15) is 18.3 Å². The molecule has 174 valence electrons. The Labute approximate surface area is 193 Å². The number of halogens is 4. The maximum absolute atomic E-state index is 13.6. The van der Waals surface area contributed by atoms with E-state index in [0.717, 1.165) is 10.2 Å². The molecule has 6 nitrogen and oxygen atoms in total. The average molecular weight is 480 g/mol. The first kappa shape index (κ1) is 23.0. The number of carbonyl (C=O) groups is 1. The molecule has 0 bridgehead atoms. The molecule has 0 saturated carbocycles. The molecule has 1 amide bonds. The number of carbonyl (C=O) groups excluding carboxylic acids is 1. The van der Waals surface area contributed by atoms with Crippen molar-refractivity contribution in [2.24, 2.45) is 7.05 Å². The fourth-order valence-corrected chi connectivity index (χ4v) is 4.30. The molecule has 0 saturated heterocycles. The zero-order valence-electron chi connectivity index (χ0n) is 18.2. The number of hydrogen-bond acceptors (Lipinski definition) is 4. The summed E-state index contributed by atoms with van der Waals surface area (Å²) in [6, 6.07) is 8.31. The van der Waals surface area contributed by atoms with Crippen LogP contribution in [-0.4, -0.2) is 41.4 Å². The number of benzene rings is 2. The topological polar surface area (TPSA) is 56.6 Å². The second kappa shape index (κ2) is 8.62. The Morgan fingerprint density at radius 2 is 1.67 bits per heavy atom. The molecule has 33 heavy (non-hydrogen) atoms. The van der Waals surface area contributed by atoms with Crippen LogP contribution in [0.2, 0.25) is 5.02 Å². The second-order valence-electron chi connectivity index (χ2n) is 7.74. The van der Waals surface area contributed by atoms with Crippen LogP contribution in [0, 0.1) is 0 Å². The monoisotopic (exact) mass is 479 g/mol. The normalized spacial score (nSPS) is 13.8. The molecule has 2 heterocycles. The molecule has 0 atom stereocenters. The van der Waals surface area contributed by atoms with Crippen molar-refractivity contribution in [1.82, 2.24) is 14.7 Å². The number of ether oxygens (including phenoxy) is 2. The van der Waals surface area contributed by atoms with Crippen LogP contribution < -0.4 is 9.47 Å². The molecular weight excluding hydrogens is 459 g/mol. The van der Waals surface area contributed by atoms with Crippen LogP contribution >= 0.6 is 11.6 Å². The maximum Gasteiger partial charge on any atom is 0.435 e. The molecule has 2 aromatic carbocycles. The molecule has 0 N–H and O–H groups in total. The first-order chi connectivity index (χ1) is 15.6. The number of alkyl halides is 3. The number of aromatic nitrogens is 2. The van der Waals surface area contributed by atoms with Crippen LogP contribution in [0.1, 0.15) is 27.2 Å². The molecular formula is C23H21ClF3N3O3. The number of rotatable bonds is 5. The van der Waals surface area contributed by atoms with Crippen LogP contribution in [0.3, 0.4) is 0 Å². The minimum Gasteiger partial charge on any atom is -0.497 e. The van der Waals surface area contributed by atoms with Gasteiger partial charge in [-0.1, -0.05) is 11.6 Å². The Morgan fingerprint density at radius 3 is 2.27 bits per heavy atom. The largest absolute Gasteiger partial charge is 0.497 e. The third-order valence-electron chi connectivity index (χ3n) is 5.54. The SMILES string of the molecule is COc1cc(CN2CCc3c(cc(Cl)cc3-c3cn(C)nc3C(F)(F)F)C2=O)cc(OC)c1. The summed E-state index contributed by atoms with van der Waals surface area (Å²) < 4.78 is 52.4. The summed E-state index contributed by atoms with van der Waals surface area (Å²) in [5, 5.41) is 3.77. The predicted molar refractivity (Wildman–Crippen MR) is 117 cm³/mol. The second-order valence-corrected chi connectivity index (χ2v) is 8.18. The average Bonchev–Trinajstić information content (AvgIpc) is 3.17. The molecule has 0 unspecified atom stereocenters. The van der Waals surface area contributed by atoms with E-state index in [4.69, 9.17) is 21.1 Å². The zero-order valence-corrected chi connectivity index (χ0v) is 18.9. The lowest BCUT2D eigenvalue weighted by atomic mass is 9.90. The van der Waals surface area contributed by atoms with Gasteiger partial charge in [0.15, 0.2) is 5.69 Å². The van der Waals surface area contributed by atoms with Gasteiger partial charge >= 0.3 is 6.18 Å². The highest BCUT2D eigenvalue weighted by molar-refractivity contribution is 6.31. The molecule has 0 radical (unpaired) electrons. The number of fused-ring (bicyclic) bond motifs is 1. The molecule has 3 aromatic rings. The highest BCUT2D eigenvalue weighted by Crippen LogP contribution is 2.40. The van der Waals surface area contributed by atoms with Crippen molar-refractivity contribution < 1.29 is 27.4 Å². The smallest absolute Gasteiger partial charge is 0.435 e. The van der Waals surface area contributed by atoms with Crippen molar-refractivity contribution in [3.8, 4) is 22.6 Å². The molecule has 0 fully saturated rings. The van der Waals surface area contributed by atoms with Crippen molar-refractivity contribution in [2.75, 3.05) is 20.8 Å². The van der Waals surface area contributed by atoms with E-state index in [1.165, 1.54) is 39.6 Å². The fourth-order valence-electron chi connectivity index (χ4n) is 4.08. The summed E-state index contributed by atoms with van der Waals surface area (Å²) in [6.07, 6.45) is -2.96. The Bertz CT molecular complexity index is 1200.